The van der Waals surface area contributed by atoms with Crippen LogP contribution in [0, 0.1) is 0 Å². The molecule has 302 valence electrons. The molecule has 0 atom stereocenters. The number of aliphatic hydroxyl groups is 1. The minimum Gasteiger partial charge on any atom is -0.466 e. The van der Waals surface area contributed by atoms with Crippen molar-refractivity contribution in [1.82, 2.24) is 4.90 Å². The number of hydrogen-bond acceptors (Lipinski definition) is 8. The van der Waals surface area contributed by atoms with Crippen molar-refractivity contribution in [1.29, 1.82) is 0 Å². The fraction of sp³-hybridized carbons (Fsp3) is 0.907. The average molecular weight is 726 g/mol. The number of unbranched alkanes of at least 4 members (excludes halogenated alkanes) is 18. The van der Waals surface area contributed by atoms with Gasteiger partial charge in [-0.1, -0.05) is 136 Å². The lowest BCUT2D eigenvalue weighted by Crippen LogP contribution is -2.29. The summed E-state index contributed by atoms with van der Waals surface area (Å²) < 4.78 is 23.0. The molecule has 0 aliphatic rings. The van der Waals surface area contributed by atoms with Crippen molar-refractivity contribution in [3.05, 3.63) is 12.2 Å². The van der Waals surface area contributed by atoms with Crippen LogP contribution in [0.5, 0.6) is 0 Å². The first-order chi connectivity index (χ1) is 25.1. The monoisotopic (exact) mass is 726 g/mol. The van der Waals surface area contributed by atoms with Crippen molar-refractivity contribution >= 4 is 11.9 Å². The standard InChI is InChI=1S/C43H83NO7/c1-4-7-10-13-20-28-39-50-43(51-40-29-21-14-11-8-5-2)32-31-42(47)49-38-27-22-18-25-34-44(35-36-45)33-24-17-15-16-23-30-41(46)48-37-26-19-12-9-6-3/h12,19,43,45H,4-11,13-18,20-40H2,1-3H3/b19-12-. The predicted molar refractivity (Wildman–Crippen MR) is 212 cm³/mol. The van der Waals surface area contributed by atoms with E-state index in [-0.39, 0.29) is 24.8 Å². The normalized spacial score (nSPS) is 11.7. The van der Waals surface area contributed by atoms with E-state index in [4.69, 9.17) is 18.9 Å². The molecule has 0 amide bonds. The zero-order chi connectivity index (χ0) is 37.3. The Morgan fingerprint density at radius 1 is 0.510 bits per heavy atom. The largest absolute Gasteiger partial charge is 0.466 e. The van der Waals surface area contributed by atoms with E-state index in [2.05, 4.69) is 37.8 Å². The number of carbonyl (C=O) groups excluding carboxylic acids is 2. The van der Waals surface area contributed by atoms with Gasteiger partial charge in [0.2, 0.25) is 0 Å². The predicted octanol–water partition coefficient (Wildman–Crippen LogP) is 10.9. The summed E-state index contributed by atoms with van der Waals surface area (Å²) in [5.74, 6) is -0.241. The van der Waals surface area contributed by atoms with Gasteiger partial charge in [-0.2, -0.15) is 0 Å². The summed E-state index contributed by atoms with van der Waals surface area (Å²) >= 11 is 0. The van der Waals surface area contributed by atoms with Gasteiger partial charge >= 0.3 is 11.9 Å². The number of hydrogen-bond donors (Lipinski definition) is 1. The second-order valence-electron chi connectivity index (χ2n) is 14.2. The summed E-state index contributed by atoms with van der Waals surface area (Å²) in [5.41, 5.74) is 0. The minimum absolute atomic E-state index is 0.0804. The molecule has 0 rings (SSSR count). The Morgan fingerprint density at radius 2 is 0.980 bits per heavy atom. The Morgan fingerprint density at radius 3 is 1.55 bits per heavy atom. The fourth-order valence-electron chi connectivity index (χ4n) is 6.02. The van der Waals surface area contributed by atoms with Crippen LogP contribution >= 0.6 is 0 Å². The quantitative estimate of drug-likeness (QED) is 0.0288. The minimum atomic E-state index is -0.325. The molecule has 51 heavy (non-hydrogen) atoms. The third kappa shape index (κ3) is 38.1. The molecule has 0 aliphatic heterocycles. The Kier molecular flexibility index (Phi) is 40.1. The van der Waals surface area contributed by atoms with Crippen molar-refractivity contribution in [2.45, 2.75) is 200 Å². The van der Waals surface area contributed by atoms with Gasteiger partial charge in [0.05, 0.1) is 26.2 Å². The number of esters is 2. The summed E-state index contributed by atoms with van der Waals surface area (Å²) in [5, 5.41) is 9.51. The Balaban J connectivity index is 4.00. The van der Waals surface area contributed by atoms with Gasteiger partial charge in [0.1, 0.15) is 0 Å². The third-order valence-electron chi connectivity index (χ3n) is 9.26. The van der Waals surface area contributed by atoms with Gasteiger partial charge in [-0.05, 0) is 64.5 Å². The van der Waals surface area contributed by atoms with E-state index in [9.17, 15) is 14.7 Å². The zero-order valence-corrected chi connectivity index (χ0v) is 33.8. The molecule has 0 aromatic carbocycles. The molecule has 0 saturated carbocycles. The number of nitrogens with zero attached hydrogens (tertiary/aromatic N) is 1. The van der Waals surface area contributed by atoms with E-state index in [1.165, 1.54) is 64.2 Å². The first kappa shape index (κ1) is 49.5. The fourth-order valence-corrected chi connectivity index (χ4v) is 6.02. The van der Waals surface area contributed by atoms with Crippen LogP contribution in [0.4, 0.5) is 0 Å². The van der Waals surface area contributed by atoms with Gasteiger partial charge in [-0.25, -0.2) is 0 Å². The lowest BCUT2D eigenvalue weighted by Gasteiger charge is -2.21. The van der Waals surface area contributed by atoms with Gasteiger partial charge in [0.25, 0.3) is 0 Å². The molecule has 8 nitrogen and oxygen atoms in total. The molecular weight excluding hydrogens is 642 g/mol. The summed E-state index contributed by atoms with van der Waals surface area (Å²) in [6.07, 6.45) is 32.4. The van der Waals surface area contributed by atoms with E-state index < -0.39 is 0 Å². The topological polar surface area (TPSA) is 94.5 Å². The van der Waals surface area contributed by atoms with Gasteiger partial charge in [-0.3, -0.25) is 9.59 Å². The molecule has 0 aliphatic carbocycles. The Labute approximate surface area is 315 Å². The molecule has 0 aromatic heterocycles. The van der Waals surface area contributed by atoms with Crippen molar-refractivity contribution < 1.29 is 33.6 Å². The highest BCUT2D eigenvalue weighted by molar-refractivity contribution is 5.69. The van der Waals surface area contributed by atoms with Gasteiger partial charge in [0, 0.05) is 32.6 Å². The van der Waals surface area contributed by atoms with Crippen LogP contribution in [0.2, 0.25) is 0 Å². The van der Waals surface area contributed by atoms with E-state index >= 15 is 0 Å². The SMILES string of the molecule is CCC/C=C\CCOC(=O)CCCCCCCN(CCO)CCCCCCOC(=O)CCC(OCCCCCCCC)OCCCCCCCC. The Bertz CT molecular complexity index is 745. The molecule has 0 unspecified atom stereocenters. The van der Waals surface area contributed by atoms with Crippen LogP contribution in [0.25, 0.3) is 0 Å². The van der Waals surface area contributed by atoms with Gasteiger partial charge < -0.3 is 29.0 Å². The van der Waals surface area contributed by atoms with Crippen LogP contribution in [0.3, 0.4) is 0 Å². The summed E-state index contributed by atoms with van der Waals surface area (Å²) in [6, 6.07) is 0. The van der Waals surface area contributed by atoms with Crippen molar-refractivity contribution in [3.8, 4) is 0 Å². The van der Waals surface area contributed by atoms with Crippen molar-refractivity contribution in [3.63, 3.8) is 0 Å². The van der Waals surface area contributed by atoms with Crippen LogP contribution in [0.15, 0.2) is 12.2 Å². The lowest BCUT2D eigenvalue weighted by atomic mass is 10.1. The number of aliphatic hydroxyl groups excluding tert-OH is 1. The lowest BCUT2D eigenvalue weighted by molar-refractivity contribution is -0.159. The highest BCUT2D eigenvalue weighted by Crippen LogP contribution is 2.13. The van der Waals surface area contributed by atoms with Crippen molar-refractivity contribution in [2.75, 3.05) is 52.7 Å². The maximum Gasteiger partial charge on any atom is 0.305 e. The van der Waals surface area contributed by atoms with E-state index in [1.807, 2.05) is 0 Å². The number of carbonyl (C=O) groups is 2. The van der Waals surface area contributed by atoms with Gasteiger partial charge in [-0.15, -0.1) is 0 Å². The van der Waals surface area contributed by atoms with Crippen molar-refractivity contribution in [2.24, 2.45) is 0 Å². The first-order valence-electron chi connectivity index (χ1n) is 21.6. The molecule has 0 aromatic rings. The highest BCUT2D eigenvalue weighted by Gasteiger charge is 2.14. The second kappa shape index (κ2) is 41.3. The molecule has 0 spiro atoms. The van der Waals surface area contributed by atoms with E-state index in [0.717, 1.165) is 103 Å². The maximum absolute atomic E-state index is 12.5. The maximum atomic E-state index is 12.5. The molecule has 8 heteroatoms. The van der Waals surface area contributed by atoms with E-state index in [1.54, 1.807) is 0 Å². The van der Waals surface area contributed by atoms with Crippen LogP contribution < -0.4 is 0 Å². The first-order valence-corrected chi connectivity index (χ1v) is 21.6. The van der Waals surface area contributed by atoms with Gasteiger partial charge in [0.15, 0.2) is 6.29 Å². The molecule has 1 N–H and O–H groups in total. The molecule has 0 heterocycles. The number of allylic oxidation sites excluding steroid dienone is 1. The average Bonchev–Trinajstić information content (AvgIpc) is 3.13. The third-order valence-corrected chi connectivity index (χ3v) is 9.26. The summed E-state index contributed by atoms with van der Waals surface area (Å²) in [4.78, 5) is 26.7. The van der Waals surface area contributed by atoms with Crippen LogP contribution in [-0.4, -0.2) is 80.9 Å². The molecule has 0 bridgehead atoms. The molecule has 0 fully saturated rings. The molecule has 0 radical (unpaired) electrons. The second-order valence-corrected chi connectivity index (χ2v) is 14.2. The summed E-state index contributed by atoms with van der Waals surface area (Å²) in [6.45, 7) is 11.8. The van der Waals surface area contributed by atoms with E-state index in [0.29, 0.717) is 52.2 Å². The van der Waals surface area contributed by atoms with Crippen LogP contribution in [-0.2, 0) is 28.5 Å². The Hall–Kier alpha value is -1.48. The molecule has 0 saturated heterocycles. The smallest absolute Gasteiger partial charge is 0.305 e. The zero-order valence-electron chi connectivity index (χ0n) is 33.8. The molecular formula is C43H83NO7. The van der Waals surface area contributed by atoms with Crippen LogP contribution in [0.1, 0.15) is 194 Å². The number of rotatable bonds is 41. The highest BCUT2D eigenvalue weighted by atomic mass is 16.7. The number of ether oxygens (including phenoxy) is 4. The summed E-state index contributed by atoms with van der Waals surface area (Å²) in [7, 11) is 0.